The Labute approximate surface area is 90.9 Å². The van der Waals surface area contributed by atoms with E-state index >= 15 is 0 Å². The van der Waals surface area contributed by atoms with Crippen molar-refractivity contribution >= 4 is 5.97 Å². The Bertz CT molecular complexity index is 263. The van der Waals surface area contributed by atoms with E-state index < -0.39 is 30.4 Å². The summed E-state index contributed by atoms with van der Waals surface area (Å²) in [7, 11) is 0. The summed E-state index contributed by atoms with van der Waals surface area (Å²) < 4.78 is 39.2. The monoisotopic (exact) mass is 241 g/mol. The molecular formula is C9H14F3NO3. The highest BCUT2D eigenvalue weighted by molar-refractivity contribution is 5.75. The Hall–Kier alpha value is -1.08. The smallest absolute Gasteiger partial charge is 0.457 e. The molecule has 4 nitrogen and oxygen atoms in total. The topological polar surface area (TPSA) is 72.6 Å². The summed E-state index contributed by atoms with van der Waals surface area (Å²) in [5, 5.41) is 9.63. The molecule has 0 aromatic rings. The van der Waals surface area contributed by atoms with Crippen LogP contribution in [0.2, 0.25) is 0 Å². The summed E-state index contributed by atoms with van der Waals surface area (Å²) in [5.74, 6) is -2.32. The molecule has 0 amide bonds. The molecule has 0 bridgehead atoms. The summed E-state index contributed by atoms with van der Waals surface area (Å²) in [6, 6.07) is -1.11. The number of ether oxygens (including phenoxy) is 1. The molecule has 3 N–H and O–H groups in total. The van der Waals surface area contributed by atoms with Crippen LogP contribution < -0.4 is 5.73 Å². The number of carbonyl (C=O) groups is 1. The van der Waals surface area contributed by atoms with Gasteiger partial charge in [0.25, 0.3) is 0 Å². The lowest BCUT2D eigenvalue weighted by Gasteiger charge is -2.28. The predicted octanol–water partition coefficient (Wildman–Crippen LogP) is 0.746. The highest BCUT2D eigenvalue weighted by Crippen LogP contribution is 2.18. The minimum atomic E-state index is -5.05. The Morgan fingerprint density at radius 3 is 2.50 bits per heavy atom. The molecule has 0 rings (SSSR count). The molecule has 0 aliphatic heterocycles. The second-order valence-corrected chi connectivity index (χ2v) is 3.55. The lowest BCUT2D eigenvalue weighted by Crippen LogP contribution is -2.49. The molecule has 0 saturated heterocycles. The second-order valence-electron chi connectivity index (χ2n) is 3.55. The first-order chi connectivity index (χ1) is 7.11. The first-order valence-electron chi connectivity index (χ1n) is 4.44. The van der Waals surface area contributed by atoms with Gasteiger partial charge in [0.1, 0.15) is 6.61 Å². The number of esters is 1. The molecule has 0 aliphatic rings. The van der Waals surface area contributed by atoms with Crippen molar-refractivity contribution in [1.29, 1.82) is 0 Å². The van der Waals surface area contributed by atoms with E-state index in [4.69, 9.17) is 5.73 Å². The number of carbonyl (C=O) groups excluding carboxylic acids is 1. The first kappa shape index (κ1) is 14.9. The molecule has 16 heavy (non-hydrogen) atoms. The maximum absolute atomic E-state index is 11.8. The number of hydrogen-bond donors (Lipinski definition) is 2. The number of rotatable bonds is 5. The molecule has 2 atom stereocenters. The lowest BCUT2D eigenvalue weighted by molar-refractivity contribution is -0.201. The van der Waals surface area contributed by atoms with Crippen LogP contribution in [-0.4, -0.2) is 35.5 Å². The second kappa shape index (κ2) is 5.31. The van der Waals surface area contributed by atoms with E-state index in [1.807, 2.05) is 0 Å². The molecule has 94 valence electrons. The summed E-state index contributed by atoms with van der Waals surface area (Å²) in [5.41, 5.74) is 3.92. The molecule has 0 fully saturated rings. The summed E-state index contributed by atoms with van der Waals surface area (Å²) in [4.78, 5) is 10.3. The molecule has 0 aromatic carbocycles. The van der Waals surface area contributed by atoms with Gasteiger partial charge in [-0.2, -0.15) is 13.2 Å². The maximum atomic E-state index is 11.8. The molecule has 0 radical (unpaired) electrons. The predicted molar refractivity (Wildman–Crippen MR) is 50.4 cm³/mol. The molecule has 7 heteroatoms. The van der Waals surface area contributed by atoms with Gasteiger partial charge in [-0.15, -0.1) is 6.58 Å². The van der Waals surface area contributed by atoms with Gasteiger partial charge >= 0.3 is 12.1 Å². The van der Waals surface area contributed by atoms with Crippen molar-refractivity contribution in [1.82, 2.24) is 0 Å². The van der Waals surface area contributed by atoms with Gasteiger partial charge in [-0.25, -0.2) is 4.79 Å². The van der Waals surface area contributed by atoms with E-state index in [-0.39, 0.29) is 6.42 Å². The Kier molecular flexibility index (Phi) is 4.95. The van der Waals surface area contributed by atoms with Crippen LogP contribution in [-0.2, 0) is 9.53 Å². The van der Waals surface area contributed by atoms with Crippen molar-refractivity contribution in [3.63, 3.8) is 0 Å². The van der Waals surface area contributed by atoms with Gasteiger partial charge in [-0.3, -0.25) is 0 Å². The summed E-state index contributed by atoms with van der Waals surface area (Å²) in [6.07, 6.45) is -3.60. The van der Waals surface area contributed by atoms with Crippen molar-refractivity contribution in [3.8, 4) is 0 Å². The largest absolute Gasteiger partial charge is 0.490 e. The van der Waals surface area contributed by atoms with Crippen molar-refractivity contribution in [2.75, 3.05) is 6.61 Å². The zero-order valence-electron chi connectivity index (χ0n) is 8.75. The lowest BCUT2D eigenvalue weighted by atomic mass is 9.94. The van der Waals surface area contributed by atoms with E-state index in [2.05, 4.69) is 11.3 Å². The number of hydrogen-bond acceptors (Lipinski definition) is 4. The highest BCUT2D eigenvalue weighted by atomic mass is 19.4. The van der Waals surface area contributed by atoms with Crippen LogP contribution in [0.5, 0.6) is 0 Å². The number of alkyl halides is 3. The van der Waals surface area contributed by atoms with Gasteiger partial charge in [-0.05, 0) is 13.3 Å². The Morgan fingerprint density at radius 2 is 2.12 bits per heavy atom. The summed E-state index contributed by atoms with van der Waals surface area (Å²) >= 11 is 0. The number of halogens is 3. The standard InChI is InChI=1S/C9H14F3NO3/c1-3-4-8(2,15)6(13)5-16-7(14)9(10,11)12/h3,6,15H,1,4-5,13H2,2H3/t6-,8-/m0/s1. The Balaban J connectivity index is 4.22. The van der Waals surface area contributed by atoms with Crippen LogP contribution in [0.4, 0.5) is 13.2 Å². The molecule has 0 heterocycles. The molecule has 0 aliphatic carbocycles. The Morgan fingerprint density at radius 1 is 1.62 bits per heavy atom. The highest BCUT2D eigenvalue weighted by Gasteiger charge is 2.41. The van der Waals surface area contributed by atoms with Crippen LogP contribution in [0.15, 0.2) is 12.7 Å². The van der Waals surface area contributed by atoms with Gasteiger partial charge in [0, 0.05) is 0 Å². The molecule has 0 saturated carbocycles. The fourth-order valence-corrected chi connectivity index (χ4v) is 0.870. The van der Waals surface area contributed by atoms with Gasteiger partial charge < -0.3 is 15.6 Å². The summed E-state index contributed by atoms with van der Waals surface area (Å²) in [6.45, 7) is 3.97. The first-order valence-corrected chi connectivity index (χ1v) is 4.44. The van der Waals surface area contributed by atoms with E-state index in [1.165, 1.54) is 13.0 Å². The van der Waals surface area contributed by atoms with Crippen molar-refractivity contribution < 1.29 is 27.8 Å². The molecular weight excluding hydrogens is 227 g/mol. The fraction of sp³-hybridized carbons (Fsp3) is 0.667. The van der Waals surface area contributed by atoms with E-state index in [0.717, 1.165) is 0 Å². The van der Waals surface area contributed by atoms with Crippen LogP contribution in [0, 0.1) is 0 Å². The quantitative estimate of drug-likeness (QED) is 0.550. The van der Waals surface area contributed by atoms with Gasteiger partial charge in [0.2, 0.25) is 0 Å². The van der Waals surface area contributed by atoms with Crippen molar-refractivity contribution in [2.45, 2.75) is 31.2 Å². The van der Waals surface area contributed by atoms with Gasteiger partial charge in [0.05, 0.1) is 11.6 Å². The molecule has 0 aromatic heterocycles. The minimum absolute atomic E-state index is 0.0811. The average molecular weight is 241 g/mol. The van der Waals surface area contributed by atoms with E-state index in [9.17, 15) is 23.1 Å². The van der Waals surface area contributed by atoms with Crippen molar-refractivity contribution in [3.05, 3.63) is 12.7 Å². The third-order valence-corrected chi connectivity index (χ3v) is 1.98. The van der Waals surface area contributed by atoms with E-state index in [1.54, 1.807) is 0 Å². The zero-order chi connectivity index (χ0) is 13.0. The normalized spacial score (nSPS) is 17.4. The maximum Gasteiger partial charge on any atom is 0.490 e. The van der Waals surface area contributed by atoms with Crippen LogP contribution in [0.25, 0.3) is 0 Å². The van der Waals surface area contributed by atoms with Gasteiger partial charge in [-0.1, -0.05) is 6.08 Å². The minimum Gasteiger partial charge on any atom is -0.457 e. The van der Waals surface area contributed by atoms with E-state index in [0.29, 0.717) is 0 Å². The molecule has 0 unspecified atom stereocenters. The third-order valence-electron chi connectivity index (χ3n) is 1.98. The fourth-order valence-electron chi connectivity index (χ4n) is 0.870. The van der Waals surface area contributed by atoms with Crippen LogP contribution in [0.3, 0.4) is 0 Å². The van der Waals surface area contributed by atoms with Crippen LogP contribution >= 0.6 is 0 Å². The number of nitrogens with two attached hydrogens (primary N) is 1. The third kappa shape index (κ3) is 4.63. The van der Waals surface area contributed by atoms with Gasteiger partial charge in [0.15, 0.2) is 0 Å². The number of aliphatic hydroxyl groups is 1. The zero-order valence-corrected chi connectivity index (χ0v) is 8.75. The van der Waals surface area contributed by atoms with Crippen molar-refractivity contribution in [2.24, 2.45) is 5.73 Å². The average Bonchev–Trinajstić information content (AvgIpc) is 2.11. The SMILES string of the molecule is C=CC[C@](C)(O)[C@@H](N)COC(=O)C(F)(F)F. The van der Waals surface area contributed by atoms with Crippen LogP contribution in [0.1, 0.15) is 13.3 Å². The molecule has 0 spiro atoms.